The van der Waals surface area contributed by atoms with Crippen molar-refractivity contribution in [1.82, 2.24) is 0 Å². The molecule has 0 bridgehead atoms. The van der Waals surface area contributed by atoms with Crippen molar-refractivity contribution in [1.29, 1.82) is 0 Å². The van der Waals surface area contributed by atoms with E-state index in [1.54, 1.807) is 14.0 Å². The Balaban J connectivity index is 2.70. The van der Waals surface area contributed by atoms with Crippen LogP contribution >= 0.6 is 0 Å². The van der Waals surface area contributed by atoms with Crippen molar-refractivity contribution in [3.8, 4) is 0 Å². The largest absolute Gasteiger partial charge is 0.389 e. The average Bonchev–Trinajstić information content (AvgIpc) is 2.30. The molecule has 0 heterocycles. The Morgan fingerprint density at radius 1 is 1.31 bits per heavy atom. The Hall–Kier alpha value is -1.06. The zero-order valence-corrected chi connectivity index (χ0v) is 10.3. The lowest BCUT2D eigenvalue weighted by molar-refractivity contribution is 0.199. The third-order valence-electron chi connectivity index (χ3n) is 2.69. The first-order chi connectivity index (χ1) is 7.69. The van der Waals surface area contributed by atoms with E-state index in [-0.39, 0.29) is 0 Å². The molecule has 1 aromatic rings. The van der Waals surface area contributed by atoms with E-state index in [1.807, 2.05) is 24.3 Å². The standard InChI is InChI=1S/C13H21NO2/c1-4-14(9-10-16-3)13-7-5-12(6-8-13)11(2)15/h5-8,11,15H,4,9-10H2,1-3H3/t11-/m1/s1. The molecule has 0 saturated carbocycles. The second-order valence-corrected chi connectivity index (χ2v) is 3.84. The van der Waals surface area contributed by atoms with Gasteiger partial charge in [0.15, 0.2) is 0 Å². The maximum absolute atomic E-state index is 9.42. The van der Waals surface area contributed by atoms with Crippen molar-refractivity contribution in [3.63, 3.8) is 0 Å². The van der Waals surface area contributed by atoms with Gasteiger partial charge in [-0.2, -0.15) is 0 Å². The minimum Gasteiger partial charge on any atom is -0.389 e. The number of methoxy groups -OCH3 is 1. The fourth-order valence-corrected chi connectivity index (χ4v) is 1.63. The zero-order valence-electron chi connectivity index (χ0n) is 10.3. The third-order valence-corrected chi connectivity index (χ3v) is 2.69. The Morgan fingerprint density at radius 2 is 1.94 bits per heavy atom. The Kier molecular flexibility index (Phi) is 5.29. The molecular formula is C13H21NO2. The van der Waals surface area contributed by atoms with E-state index < -0.39 is 6.10 Å². The number of benzene rings is 1. The highest BCUT2D eigenvalue weighted by Crippen LogP contribution is 2.18. The van der Waals surface area contributed by atoms with E-state index in [0.717, 1.165) is 25.3 Å². The van der Waals surface area contributed by atoms with Crippen LogP contribution in [0.3, 0.4) is 0 Å². The van der Waals surface area contributed by atoms with Gasteiger partial charge in [-0.25, -0.2) is 0 Å². The van der Waals surface area contributed by atoms with Crippen LogP contribution in [0.25, 0.3) is 0 Å². The van der Waals surface area contributed by atoms with Gasteiger partial charge in [-0.3, -0.25) is 0 Å². The maximum Gasteiger partial charge on any atom is 0.0761 e. The summed E-state index contributed by atoms with van der Waals surface area (Å²) >= 11 is 0. The van der Waals surface area contributed by atoms with E-state index >= 15 is 0 Å². The summed E-state index contributed by atoms with van der Waals surface area (Å²) in [5.74, 6) is 0. The summed E-state index contributed by atoms with van der Waals surface area (Å²) < 4.78 is 5.08. The van der Waals surface area contributed by atoms with E-state index in [0.29, 0.717) is 0 Å². The highest BCUT2D eigenvalue weighted by atomic mass is 16.5. The van der Waals surface area contributed by atoms with Gasteiger partial charge in [0.2, 0.25) is 0 Å². The van der Waals surface area contributed by atoms with Crippen LogP contribution in [-0.4, -0.2) is 31.9 Å². The molecule has 0 amide bonds. The molecule has 1 rings (SSSR count). The minimum atomic E-state index is -0.400. The summed E-state index contributed by atoms with van der Waals surface area (Å²) in [7, 11) is 1.71. The van der Waals surface area contributed by atoms with Crippen LogP contribution in [0.5, 0.6) is 0 Å². The number of anilines is 1. The number of hydrogen-bond acceptors (Lipinski definition) is 3. The van der Waals surface area contributed by atoms with Crippen molar-refractivity contribution in [2.24, 2.45) is 0 Å². The topological polar surface area (TPSA) is 32.7 Å². The summed E-state index contributed by atoms with van der Waals surface area (Å²) in [6, 6.07) is 8.02. The second-order valence-electron chi connectivity index (χ2n) is 3.84. The van der Waals surface area contributed by atoms with Gasteiger partial charge < -0.3 is 14.7 Å². The molecule has 90 valence electrons. The number of nitrogens with zero attached hydrogens (tertiary/aromatic N) is 1. The summed E-state index contributed by atoms with van der Waals surface area (Å²) in [4.78, 5) is 2.25. The monoisotopic (exact) mass is 223 g/mol. The summed E-state index contributed by atoms with van der Waals surface area (Å²) in [6.07, 6.45) is -0.400. The lowest BCUT2D eigenvalue weighted by atomic mass is 10.1. The number of ether oxygens (including phenoxy) is 1. The summed E-state index contributed by atoms with van der Waals surface area (Å²) in [6.45, 7) is 6.47. The first-order valence-corrected chi connectivity index (χ1v) is 5.71. The molecule has 0 saturated heterocycles. The number of likely N-dealkylation sites (N-methyl/N-ethyl adjacent to an activating group) is 1. The highest BCUT2D eigenvalue weighted by Gasteiger charge is 2.05. The predicted octanol–water partition coefficient (Wildman–Crippen LogP) is 2.21. The van der Waals surface area contributed by atoms with Gasteiger partial charge in [-0.1, -0.05) is 12.1 Å². The molecule has 0 radical (unpaired) electrons. The second kappa shape index (κ2) is 6.51. The van der Waals surface area contributed by atoms with Crippen LogP contribution in [0.15, 0.2) is 24.3 Å². The normalized spacial score (nSPS) is 12.5. The first-order valence-electron chi connectivity index (χ1n) is 5.71. The summed E-state index contributed by atoms with van der Waals surface area (Å²) in [5, 5.41) is 9.42. The molecule has 0 unspecified atom stereocenters. The van der Waals surface area contributed by atoms with Crippen LogP contribution in [0.2, 0.25) is 0 Å². The molecule has 1 N–H and O–H groups in total. The van der Waals surface area contributed by atoms with Crippen LogP contribution < -0.4 is 4.90 Å². The van der Waals surface area contributed by atoms with Gasteiger partial charge >= 0.3 is 0 Å². The average molecular weight is 223 g/mol. The zero-order chi connectivity index (χ0) is 12.0. The molecular weight excluding hydrogens is 202 g/mol. The van der Waals surface area contributed by atoms with E-state index in [2.05, 4.69) is 11.8 Å². The van der Waals surface area contributed by atoms with Crippen molar-refractivity contribution < 1.29 is 9.84 Å². The molecule has 0 aliphatic carbocycles. The number of rotatable bonds is 6. The number of aliphatic hydroxyl groups is 1. The highest BCUT2D eigenvalue weighted by molar-refractivity contribution is 5.47. The fourth-order valence-electron chi connectivity index (χ4n) is 1.63. The molecule has 0 aliphatic heterocycles. The van der Waals surface area contributed by atoms with Crippen LogP contribution in [0.4, 0.5) is 5.69 Å². The van der Waals surface area contributed by atoms with Crippen LogP contribution in [0, 0.1) is 0 Å². The molecule has 1 atom stereocenters. The number of aliphatic hydroxyl groups excluding tert-OH is 1. The van der Waals surface area contributed by atoms with Crippen LogP contribution in [0.1, 0.15) is 25.5 Å². The smallest absolute Gasteiger partial charge is 0.0761 e. The van der Waals surface area contributed by atoms with Gasteiger partial charge in [0.1, 0.15) is 0 Å². The van der Waals surface area contributed by atoms with E-state index in [4.69, 9.17) is 4.74 Å². The van der Waals surface area contributed by atoms with Crippen LogP contribution in [-0.2, 0) is 4.74 Å². The van der Waals surface area contributed by atoms with Gasteiger partial charge in [0, 0.05) is 25.9 Å². The maximum atomic E-state index is 9.42. The first kappa shape index (κ1) is 13.0. The van der Waals surface area contributed by atoms with Crippen molar-refractivity contribution >= 4 is 5.69 Å². The molecule has 3 nitrogen and oxygen atoms in total. The fraction of sp³-hybridized carbons (Fsp3) is 0.538. The van der Waals surface area contributed by atoms with Crippen molar-refractivity contribution in [3.05, 3.63) is 29.8 Å². The molecule has 0 aromatic heterocycles. The number of hydrogen-bond donors (Lipinski definition) is 1. The molecule has 16 heavy (non-hydrogen) atoms. The van der Waals surface area contributed by atoms with E-state index in [1.165, 1.54) is 5.69 Å². The molecule has 3 heteroatoms. The van der Waals surface area contributed by atoms with Gasteiger partial charge in [0.05, 0.1) is 12.7 Å². The van der Waals surface area contributed by atoms with Gasteiger partial charge in [0.25, 0.3) is 0 Å². The molecule has 1 aromatic carbocycles. The van der Waals surface area contributed by atoms with Gasteiger partial charge in [-0.15, -0.1) is 0 Å². The predicted molar refractivity (Wildman–Crippen MR) is 66.8 cm³/mol. The van der Waals surface area contributed by atoms with Crippen molar-refractivity contribution in [2.75, 3.05) is 31.7 Å². The third kappa shape index (κ3) is 3.51. The van der Waals surface area contributed by atoms with E-state index in [9.17, 15) is 5.11 Å². The molecule has 0 fully saturated rings. The van der Waals surface area contributed by atoms with Gasteiger partial charge in [-0.05, 0) is 31.5 Å². The Labute approximate surface area is 97.7 Å². The Morgan fingerprint density at radius 3 is 2.38 bits per heavy atom. The van der Waals surface area contributed by atoms with Crippen molar-refractivity contribution in [2.45, 2.75) is 20.0 Å². The lowest BCUT2D eigenvalue weighted by Crippen LogP contribution is -2.26. The Bertz CT molecular complexity index is 295. The SMILES string of the molecule is CCN(CCOC)c1ccc([C@@H](C)O)cc1. The quantitative estimate of drug-likeness (QED) is 0.802. The minimum absolute atomic E-state index is 0.400. The summed E-state index contributed by atoms with van der Waals surface area (Å²) in [5.41, 5.74) is 2.12. The molecule has 0 aliphatic rings. The molecule has 0 spiro atoms. The lowest BCUT2D eigenvalue weighted by Gasteiger charge is -2.23.